The fraction of sp³-hybridized carbons (Fsp3) is 0.0741. The molecule has 0 fully saturated rings. The van der Waals surface area contributed by atoms with Crippen molar-refractivity contribution in [2.45, 2.75) is 18.7 Å². The monoisotopic (exact) mass is 504 g/mol. The average molecular weight is 505 g/mol. The number of hydrogen-bond donors (Lipinski definition) is 2. The Kier molecular flexibility index (Phi) is 5.75. The number of anilines is 2. The largest absolute Gasteiger partial charge is 0.456 e. The van der Waals surface area contributed by atoms with Gasteiger partial charge in [0, 0.05) is 28.1 Å². The van der Waals surface area contributed by atoms with Crippen LogP contribution in [0.3, 0.4) is 0 Å². The third-order valence-electron chi connectivity index (χ3n) is 5.75. The van der Waals surface area contributed by atoms with Crippen LogP contribution in [-0.4, -0.2) is 14.3 Å². The molecule has 1 aromatic heterocycles. The molecule has 4 aromatic carbocycles. The molecular formula is C27H21ClN2O4S. The van der Waals surface area contributed by atoms with E-state index < -0.39 is 15.9 Å². The molecule has 5 rings (SSSR count). The highest BCUT2D eigenvalue weighted by Crippen LogP contribution is 2.31. The number of rotatable bonds is 5. The SMILES string of the molecule is Cc1ccc(NS(=O)(=O)c2cc(C(=O)Nc3ccc4c(c3)oc3ccccc34)ccc2Cl)c(C)c1. The molecule has 6 nitrogen and oxygen atoms in total. The summed E-state index contributed by atoms with van der Waals surface area (Å²) in [7, 11) is -4.03. The lowest BCUT2D eigenvalue weighted by molar-refractivity contribution is 0.102. The lowest BCUT2D eigenvalue weighted by atomic mass is 10.1. The smallest absolute Gasteiger partial charge is 0.263 e. The summed E-state index contributed by atoms with van der Waals surface area (Å²) in [6, 6.07) is 22.6. The van der Waals surface area contributed by atoms with E-state index in [1.807, 2.05) is 56.3 Å². The first-order valence-corrected chi connectivity index (χ1v) is 12.7. The minimum absolute atomic E-state index is 0.0162. The van der Waals surface area contributed by atoms with Gasteiger partial charge in [0.25, 0.3) is 15.9 Å². The van der Waals surface area contributed by atoms with Crippen LogP contribution < -0.4 is 10.0 Å². The van der Waals surface area contributed by atoms with Gasteiger partial charge in [-0.1, -0.05) is 47.5 Å². The lowest BCUT2D eigenvalue weighted by Gasteiger charge is -2.13. The van der Waals surface area contributed by atoms with E-state index in [0.717, 1.165) is 27.5 Å². The van der Waals surface area contributed by atoms with Crippen molar-refractivity contribution in [2.75, 3.05) is 10.0 Å². The second kappa shape index (κ2) is 8.76. The molecule has 0 bridgehead atoms. The third kappa shape index (κ3) is 4.48. The first-order chi connectivity index (χ1) is 16.7. The number of aryl methyl sites for hydroxylation is 2. The fourth-order valence-corrected chi connectivity index (χ4v) is 5.64. The summed E-state index contributed by atoms with van der Waals surface area (Å²) in [4.78, 5) is 12.8. The number of halogens is 1. The van der Waals surface area contributed by atoms with Gasteiger partial charge in [0.05, 0.1) is 10.7 Å². The molecule has 0 radical (unpaired) electrons. The Morgan fingerprint density at radius 3 is 2.43 bits per heavy atom. The van der Waals surface area contributed by atoms with Crippen molar-refractivity contribution in [3.63, 3.8) is 0 Å². The Bertz CT molecular complexity index is 1720. The topological polar surface area (TPSA) is 88.4 Å². The van der Waals surface area contributed by atoms with Gasteiger partial charge in [-0.3, -0.25) is 9.52 Å². The molecule has 35 heavy (non-hydrogen) atoms. The summed E-state index contributed by atoms with van der Waals surface area (Å²) in [6.45, 7) is 3.74. The van der Waals surface area contributed by atoms with E-state index in [9.17, 15) is 13.2 Å². The first kappa shape index (κ1) is 23.0. The van der Waals surface area contributed by atoms with Crippen molar-refractivity contribution in [1.82, 2.24) is 0 Å². The van der Waals surface area contributed by atoms with Crippen molar-refractivity contribution in [1.29, 1.82) is 0 Å². The van der Waals surface area contributed by atoms with Gasteiger partial charge in [0.1, 0.15) is 16.1 Å². The van der Waals surface area contributed by atoms with Gasteiger partial charge < -0.3 is 9.73 Å². The Labute approximate surface area is 207 Å². The first-order valence-electron chi connectivity index (χ1n) is 10.8. The van der Waals surface area contributed by atoms with Crippen LogP contribution in [0.2, 0.25) is 5.02 Å². The predicted octanol–water partition coefficient (Wildman–Crippen LogP) is 6.91. The minimum atomic E-state index is -4.03. The second-order valence-corrected chi connectivity index (χ2v) is 10.4. The van der Waals surface area contributed by atoms with Crippen molar-refractivity contribution in [3.05, 3.63) is 101 Å². The molecule has 0 saturated heterocycles. The standard InChI is InChI=1S/C27H21ClN2O4S/c1-16-7-12-23(17(2)13-16)30-35(32,33)26-14-18(8-11-22(26)28)27(31)29-19-9-10-21-20-5-3-4-6-24(20)34-25(21)15-19/h3-15,30H,1-2H3,(H,29,31). The number of hydrogen-bond acceptors (Lipinski definition) is 4. The summed E-state index contributed by atoms with van der Waals surface area (Å²) in [6.07, 6.45) is 0. The molecular weight excluding hydrogens is 484 g/mol. The van der Waals surface area contributed by atoms with Gasteiger partial charge in [-0.2, -0.15) is 0 Å². The van der Waals surface area contributed by atoms with Crippen LogP contribution in [0.15, 0.2) is 88.2 Å². The number of benzene rings is 4. The third-order valence-corrected chi connectivity index (χ3v) is 7.59. The van der Waals surface area contributed by atoms with Crippen LogP contribution >= 0.6 is 11.6 Å². The van der Waals surface area contributed by atoms with Gasteiger partial charge in [0.15, 0.2) is 0 Å². The summed E-state index contributed by atoms with van der Waals surface area (Å²) in [5, 5.41) is 4.75. The molecule has 0 aliphatic rings. The highest BCUT2D eigenvalue weighted by atomic mass is 35.5. The molecule has 0 aliphatic heterocycles. The fourth-order valence-electron chi connectivity index (χ4n) is 3.99. The highest BCUT2D eigenvalue weighted by molar-refractivity contribution is 7.92. The molecule has 5 aromatic rings. The molecule has 0 unspecified atom stereocenters. The van der Waals surface area contributed by atoms with Crippen LogP contribution in [0.1, 0.15) is 21.5 Å². The van der Waals surface area contributed by atoms with E-state index >= 15 is 0 Å². The zero-order valence-electron chi connectivity index (χ0n) is 18.9. The molecule has 0 atom stereocenters. The number of amides is 1. The highest BCUT2D eigenvalue weighted by Gasteiger charge is 2.21. The van der Waals surface area contributed by atoms with Gasteiger partial charge in [-0.15, -0.1) is 0 Å². The Balaban J connectivity index is 1.42. The lowest BCUT2D eigenvalue weighted by Crippen LogP contribution is -2.17. The number of nitrogens with one attached hydrogen (secondary N) is 2. The molecule has 0 aliphatic carbocycles. The number of carbonyl (C=O) groups is 1. The maximum absolute atomic E-state index is 13.1. The van der Waals surface area contributed by atoms with Crippen molar-refractivity contribution in [2.24, 2.45) is 0 Å². The van der Waals surface area contributed by atoms with E-state index in [2.05, 4.69) is 10.0 Å². The van der Waals surface area contributed by atoms with Crippen LogP contribution in [0.5, 0.6) is 0 Å². The molecule has 1 heterocycles. The molecule has 1 amide bonds. The second-order valence-electron chi connectivity index (χ2n) is 8.33. The minimum Gasteiger partial charge on any atom is -0.456 e. The van der Waals surface area contributed by atoms with E-state index in [-0.39, 0.29) is 15.5 Å². The van der Waals surface area contributed by atoms with Crippen molar-refractivity contribution in [3.8, 4) is 0 Å². The van der Waals surface area contributed by atoms with Crippen LogP contribution in [0.25, 0.3) is 21.9 Å². The van der Waals surface area contributed by atoms with E-state index in [1.54, 1.807) is 18.2 Å². The summed E-state index contributed by atoms with van der Waals surface area (Å²) >= 11 is 6.22. The normalized spacial score (nSPS) is 11.6. The van der Waals surface area contributed by atoms with Crippen molar-refractivity contribution >= 4 is 60.8 Å². The molecule has 176 valence electrons. The van der Waals surface area contributed by atoms with Crippen molar-refractivity contribution < 1.29 is 17.6 Å². The number of para-hydroxylation sites is 1. The zero-order valence-corrected chi connectivity index (χ0v) is 20.5. The van der Waals surface area contributed by atoms with Gasteiger partial charge in [-0.05, 0) is 61.9 Å². The number of furan rings is 1. The van der Waals surface area contributed by atoms with Gasteiger partial charge in [0.2, 0.25) is 0 Å². The Hall–Kier alpha value is -3.81. The van der Waals surface area contributed by atoms with E-state index in [0.29, 0.717) is 17.0 Å². The van der Waals surface area contributed by atoms with Gasteiger partial charge >= 0.3 is 0 Å². The molecule has 0 spiro atoms. The van der Waals surface area contributed by atoms with Gasteiger partial charge in [-0.25, -0.2) is 8.42 Å². The maximum atomic E-state index is 13.1. The average Bonchev–Trinajstić information content (AvgIpc) is 3.19. The molecule has 0 saturated carbocycles. The molecule has 8 heteroatoms. The number of carbonyl (C=O) groups excluding carboxylic acids is 1. The van der Waals surface area contributed by atoms with Crippen LogP contribution in [0.4, 0.5) is 11.4 Å². The quantitative estimate of drug-likeness (QED) is 0.272. The van der Waals surface area contributed by atoms with E-state index in [4.69, 9.17) is 16.0 Å². The Morgan fingerprint density at radius 2 is 1.63 bits per heavy atom. The summed E-state index contributed by atoms with van der Waals surface area (Å²) in [5.41, 5.74) is 4.31. The summed E-state index contributed by atoms with van der Waals surface area (Å²) < 4.78 is 34.6. The van der Waals surface area contributed by atoms with Crippen LogP contribution in [-0.2, 0) is 10.0 Å². The molecule has 2 N–H and O–H groups in total. The summed E-state index contributed by atoms with van der Waals surface area (Å²) in [5.74, 6) is -0.472. The van der Waals surface area contributed by atoms with E-state index in [1.165, 1.54) is 18.2 Å². The number of sulfonamides is 1. The Morgan fingerprint density at radius 1 is 0.857 bits per heavy atom. The maximum Gasteiger partial charge on any atom is 0.263 e. The predicted molar refractivity (Wildman–Crippen MR) is 140 cm³/mol. The zero-order chi connectivity index (χ0) is 24.7. The number of fused-ring (bicyclic) bond motifs is 3. The van der Waals surface area contributed by atoms with Crippen LogP contribution in [0, 0.1) is 13.8 Å².